The van der Waals surface area contributed by atoms with Gasteiger partial charge in [0.25, 0.3) is 0 Å². The van der Waals surface area contributed by atoms with Gasteiger partial charge in [0.2, 0.25) is 0 Å². The number of aryl methyl sites for hydroxylation is 1. The van der Waals surface area contributed by atoms with Crippen LogP contribution in [0.4, 0.5) is 0 Å². The monoisotopic (exact) mass is 204 g/mol. The Morgan fingerprint density at radius 3 is 3.00 bits per heavy atom. The Balaban J connectivity index is 2.56. The Hall–Kier alpha value is -1.84. The van der Waals surface area contributed by atoms with Crippen molar-refractivity contribution < 1.29 is 9.90 Å². The van der Waals surface area contributed by atoms with Crippen LogP contribution in [-0.4, -0.2) is 20.5 Å². The molecule has 4 nitrogen and oxygen atoms in total. The van der Waals surface area contributed by atoms with Crippen LogP contribution in [0.3, 0.4) is 0 Å². The van der Waals surface area contributed by atoms with E-state index in [1.807, 2.05) is 4.40 Å². The molecular weight excluding hydrogens is 192 g/mol. The van der Waals surface area contributed by atoms with Gasteiger partial charge in [0.05, 0.1) is 17.3 Å². The van der Waals surface area contributed by atoms with E-state index in [1.165, 1.54) is 0 Å². The number of carboxylic acid groups (broad SMARTS) is 1. The molecule has 2 aromatic heterocycles. The molecule has 2 heterocycles. The summed E-state index contributed by atoms with van der Waals surface area (Å²) in [7, 11) is 0. The van der Waals surface area contributed by atoms with Crippen LogP contribution in [0.15, 0.2) is 24.5 Å². The number of hydrogen-bond donors (Lipinski definition) is 1. The van der Waals surface area contributed by atoms with Crippen molar-refractivity contribution in [1.29, 1.82) is 0 Å². The lowest BCUT2D eigenvalue weighted by Crippen LogP contribution is -2.00. The maximum atomic E-state index is 10.8. The van der Waals surface area contributed by atoms with E-state index in [1.54, 1.807) is 24.5 Å². The van der Waals surface area contributed by atoms with Gasteiger partial charge in [-0.25, -0.2) is 9.78 Å². The zero-order chi connectivity index (χ0) is 10.8. The van der Waals surface area contributed by atoms with Crippen molar-refractivity contribution >= 4 is 11.5 Å². The molecule has 0 atom stereocenters. The van der Waals surface area contributed by atoms with Gasteiger partial charge >= 0.3 is 5.97 Å². The van der Waals surface area contributed by atoms with Crippen molar-refractivity contribution in [1.82, 2.24) is 9.38 Å². The van der Waals surface area contributed by atoms with E-state index in [-0.39, 0.29) is 5.56 Å². The Morgan fingerprint density at radius 2 is 2.33 bits per heavy atom. The molecular formula is C11H12N2O2. The van der Waals surface area contributed by atoms with Crippen molar-refractivity contribution in [3.8, 4) is 0 Å². The highest BCUT2D eigenvalue weighted by Gasteiger charge is 2.06. The molecule has 78 valence electrons. The number of rotatable bonds is 3. The lowest BCUT2D eigenvalue weighted by molar-refractivity contribution is 0.0696. The van der Waals surface area contributed by atoms with Gasteiger partial charge in [-0.05, 0) is 18.6 Å². The average Bonchev–Trinajstić information content (AvgIpc) is 2.61. The Morgan fingerprint density at radius 1 is 1.53 bits per heavy atom. The molecule has 0 aliphatic heterocycles. The molecule has 0 saturated heterocycles. The van der Waals surface area contributed by atoms with Crippen LogP contribution in [0.1, 0.15) is 29.5 Å². The summed E-state index contributed by atoms with van der Waals surface area (Å²) >= 11 is 0. The lowest BCUT2D eigenvalue weighted by Gasteiger charge is -2.00. The Kier molecular flexibility index (Phi) is 2.41. The molecule has 0 fully saturated rings. The van der Waals surface area contributed by atoms with E-state index in [9.17, 15) is 4.79 Å². The van der Waals surface area contributed by atoms with Gasteiger partial charge in [0, 0.05) is 12.6 Å². The van der Waals surface area contributed by atoms with Gasteiger partial charge in [-0.15, -0.1) is 0 Å². The first-order valence-electron chi connectivity index (χ1n) is 4.91. The molecule has 2 rings (SSSR count). The number of hydrogen-bond acceptors (Lipinski definition) is 2. The molecule has 2 aromatic rings. The Labute approximate surface area is 87.2 Å². The minimum Gasteiger partial charge on any atom is -0.478 e. The first-order valence-corrected chi connectivity index (χ1v) is 4.91. The van der Waals surface area contributed by atoms with Crippen LogP contribution in [0.2, 0.25) is 0 Å². The molecule has 0 aromatic carbocycles. The van der Waals surface area contributed by atoms with E-state index in [0.717, 1.165) is 24.2 Å². The topological polar surface area (TPSA) is 54.6 Å². The van der Waals surface area contributed by atoms with Crippen molar-refractivity contribution in [3.05, 3.63) is 35.9 Å². The fraction of sp³-hybridized carbons (Fsp3) is 0.273. The van der Waals surface area contributed by atoms with Crippen LogP contribution in [0.5, 0.6) is 0 Å². The summed E-state index contributed by atoms with van der Waals surface area (Å²) in [6.45, 7) is 2.07. The average molecular weight is 204 g/mol. The van der Waals surface area contributed by atoms with Gasteiger partial charge in [0.15, 0.2) is 0 Å². The van der Waals surface area contributed by atoms with Gasteiger partial charge in [-0.1, -0.05) is 6.92 Å². The third-order valence-electron chi connectivity index (χ3n) is 2.32. The van der Waals surface area contributed by atoms with E-state index in [0.29, 0.717) is 0 Å². The second-order valence-corrected chi connectivity index (χ2v) is 3.44. The van der Waals surface area contributed by atoms with Gasteiger partial charge < -0.3 is 9.51 Å². The van der Waals surface area contributed by atoms with Crippen molar-refractivity contribution in [2.75, 3.05) is 0 Å². The molecule has 0 radical (unpaired) electrons. The van der Waals surface area contributed by atoms with Crippen molar-refractivity contribution in [2.24, 2.45) is 0 Å². The summed E-state index contributed by atoms with van der Waals surface area (Å²) in [4.78, 5) is 15.1. The smallest absolute Gasteiger partial charge is 0.337 e. The first kappa shape index (κ1) is 9.71. The SMILES string of the molecule is CCCc1ncc2ccc(C(=O)O)cn12. The minimum absolute atomic E-state index is 0.290. The standard InChI is InChI=1S/C11H12N2O2/c1-2-3-10-12-6-9-5-4-8(11(14)15)7-13(9)10/h4-7H,2-3H2,1H3,(H,14,15). The second kappa shape index (κ2) is 3.73. The van der Waals surface area contributed by atoms with E-state index >= 15 is 0 Å². The largest absolute Gasteiger partial charge is 0.478 e. The molecule has 4 heteroatoms. The summed E-state index contributed by atoms with van der Waals surface area (Å²) in [5, 5.41) is 8.87. The van der Waals surface area contributed by atoms with Crippen LogP contribution in [0.25, 0.3) is 5.52 Å². The quantitative estimate of drug-likeness (QED) is 0.831. The number of aromatic nitrogens is 2. The van der Waals surface area contributed by atoms with Gasteiger partial charge in [-0.3, -0.25) is 0 Å². The maximum absolute atomic E-state index is 10.8. The number of imidazole rings is 1. The molecule has 0 bridgehead atoms. The minimum atomic E-state index is -0.909. The van der Waals surface area contributed by atoms with Crippen LogP contribution >= 0.6 is 0 Å². The number of carboxylic acids is 1. The van der Waals surface area contributed by atoms with Crippen LogP contribution < -0.4 is 0 Å². The van der Waals surface area contributed by atoms with Crippen LogP contribution in [0, 0.1) is 0 Å². The molecule has 0 aliphatic carbocycles. The second-order valence-electron chi connectivity index (χ2n) is 3.44. The molecule has 15 heavy (non-hydrogen) atoms. The molecule has 0 aliphatic rings. The van der Waals surface area contributed by atoms with Gasteiger partial charge in [-0.2, -0.15) is 0 Å². The number of carbonyl (C=O) groups is 1. The molecule has 0 saturated carbocycles. The highest BCUT2D eigenvalue weighted by molar-refractivity contribution is 5.87. The number of nitrogens with zero attached hydrogens (tertiary/aromatic N) is 2. The third kappa shape index (κ3) is 1.70. The molecule has 0 spiro atoms. The van der Waals surface area contributed by atoms with E-state index < -0.39 is 5.97 Å². The highest BCUT2D eigenvalue weighted by Crippen LogP contribution is 2.10. The Bertz CT molecular complexity index is 502. The van der Waals surface area contributed by atoms with E-state index in [4.69, 9.17) is 5.11 Å². The zero-order valence-corrected chi connectivity index (χ0v) is 8.47. The lowest BCUT2D eigenvalue weighted by atomic mass is 10.2. The predicted molar refractivity (Wildman–Crippen MR) is 56.1 cm³/mol. The zero-order valence-electron chi connectivity index (χ0n) is 8.47. The molecule has 1 N–H and O–H groups in total. The predicted octanol–water partition coefficient (Wildman–Crippen LogP) is 1.99. The van der Waals surface area contributed by atoms with Crippen molar-refractivity contribution in [3.63, 3.8) is 0 Å². The summed E-state index contributed by atoms with van der Waals surface area (Å²) < 4.78 is 1.84. The number of fused-ring (bicyclic) bond motifs is 1. The maximum Gasteiger partial charge on any atom is 0.337 e. The molecule has 0 amide bonds. The fourth-order valence-corrected chi connectivity index (χ4v) is 1.58. The molecule has 0 unspecified atom stereocenters. The number of aromatic carboxylic acids is 1. The first-order chi connectivity index (χ1) is 7.22. The van der Waals surface area contributed by atoms with Crippen LogP contribution in [-0.2, 0) is 6.42 Å². The summed E-state index contributed by atoms with van der Waals surface area (Å²) in [6.07, 6.45) is 5.24. The normalized spacial score (nSPS) is 10.7. The highest BCUT2D eigenvalue weighted by atomic mass is 16.4. The summed E-state index contributed by atoms with van der Waals surface area (Å²) in [6, 6.07) is 3.37. The summed E-state index contributed by atoms with van der Waals surface area (Å²) in [5.74, 6) is 0.00338. The fourth-order valence-electron chi connectivity index (χ4n) is 1.58. The number of pyridine rings is 1. The third-order valence-corrected chi connectivity index (χ3v) is 2.32. The van der Waals surface area contributed by atoms with Gasteiger partial charge in [0.1, 0.15) is 5.82 Å². The van der Waals surface area contributed by atoms with E-state index in [2.05, 4.69) is 11.9 Å². The summed E-state index contributed by atoms with van der Waals surface area (Å²) in [5.41, 5.74) is 1.22. The van der Waals surface area contributed by atoms with Crippen molar-refractivity contribution in [2.45, 2.75) is 19.8 Å².